The fraction of sp³-hybridized carbons (Fsp3) is 0.333. The number of rotatable bonds is 2. The largest absolute Gasteiger partial charge is 0.298 e. The topological polar surface area (TPSA) is 30.0 Å². The lowest BCUT2D eigenvalue weighted by Gasteiger charge is -1.98. The predicted molar refractivity (Wildman–Crippen MR) is 46.6 cm³/mol. The minimum Gasteiger partial charge on any atom is -0.298 e. The maximum atomic E-state index is 10.4. The first kappa shape index (κ1) is 7.74. The Kier molecular flexibility index (Phi) is 1.85. The smallest absolute Gasteiger partial charge is 0.153 e. The highest BCUT2D eigenvalue weighted by atomic mass is 35.5. The molecule has 0 atom stereocenters. The van der Waals surface area contributed by atoms with Crippen LogP contribution < -0.4 is 0 Å². The number of carbonyl (C=O) groups excluding carboxylic acids is 1. The molecule has 2 nitrogen and oxygen atoms in total. The zero-order chi connectivity index (χ0) is 8.55. The van der Waals surface area contributed by atoms with Gasteiger partial charge in [0.25, 0.3) is 0 Å². The Balaban J connectivity index is 2.36. The molecule has 0 unspecified atom stereocenters. The fourth-order valence-electron chi connectivity index (χ4n) is 1.15. The summed E-state index contributed by atoms with van der Waals surface area (Å²) in [5.41, 5.74) is 1.49. The summed E-state index contributed by atoms with van der Waals surface area (Å²) in [6, 6.07) is 1.79. The zero-order valence-corrected chi connectivity index (χ0v) is 7.21. The number of nitrogens with zero attached hydrogens (tertiary/aromatic N) is 1. The van der Waals surface area contributed by atoms with Crippen molar-refractivity contribution in [2.75, 3.05) is 0 Å². The minimum absolute atomic E-state index is 0.473. The first-order chi connectivity index (χ1) is 5.81. The molecule has 1 aliphatic carbocycles. The summed E-state index contributed by atoms with van der Waals surface area (Å²) in [5, 5.41) is 0.516. The lowest BCUT2D eigenvalue weighted by molar-refractivity contribution is 0.112. The summed E-state index contributed by atoms with van der Waals surface area (Å²) < 4.78 is 0. The number of hydrogen-bond acceptors (Lipinski definition) is 2. The van der Waals surface area contributed by atoms with Crippen molar-refractivity contribution in [1.29, 1.82) is 0 Å². The Labute approximate surface area is 75.6 Å². The quantitative estimate of drug-likeness (QED) is 0.656. The number of halogens is 1. The van der Waals surface area contributed by atoms with Crippen molar-refractivity contribution in [3.63, 3.8) is 0 Å². The van der Waals surface area contributed by atoms with Gasteiger partial charge in [-0.2, -0.15) is 0 Å². The van der Waals surface area contributed by atoms with Crippen LogP contribution in [0.3, 0.4) is 0 Å². The molecule has 3 heteroatoms. The molecule has 0 N–H and O–H groups in total. The third kappa shape index (κ3) is 1.34. The van der Waals surface area contributed by atoms with Crippen molar-refractivity contribution in [3.8, 4) is 0 Å². The molecule has 0 aliphatic heterocycles. The van der Waals surface area contributed by atoms with Gasteiger partial charge in [0.1, 0.15) is 0 Å². The molecule has 2 rings (SSSR count). The van der Waals surface area contributed by atoms with Gasteiger partial charge in [0.15, 0.2) is 6.29 Å². The summed E-state index contributed by atoms with van der Waals surface area (Å²) in [5.74, 6) is 0.586. The van der Waals surface area contributed by atoms with Crippen LogP contribution in [0.15, 0.2) is 12.3 Å². The van der Waals surface area contributed by atoms with Crippen molar-refractivity contribution in [2.24, 2.45) is 0 Å². The third-order valence-corrected chi connectivity index (χ3v) is 2.35. The summed E-state index contributed by atoms with van der Waals surface area (Å²) in [4.78, 5) is 14.6. The Hall–Kier alpha value is -0.890. The zero-order valence-electron chi connectivity index (χ0n) is 6.46. The number of carbonyl (C=O) groups is 1. The van der Waals surface area contributed by atoms with Crippen LogP contribution in [0.1, 0.15) is 34.8 Å². The van der Waals surface area contributed by atoms with E-state index in [9.17, 15) is 4.79 Å². The molecule has 0 bridgehead atoms. The van der Waals surface area contributed by atoms with Gasteiger partial charge in [0, 0.05) is 17.8 Å². The molecular weight excluding hydrogens is 174 g/mol. The maximum Gasteiger partial charge on any atom is 0.153 e. The van der Waals surface area contributed by atoms with E-state index in [0.717, 1.165) is 12.0 Å². The van der Waals surface area contributed by atoms with Crippen molar-refractivity contribution < 1.29 is 4.79 Å². The molecule has 0 amide bonds. The standard InChI is InChI=1S/C9H8ClNO/c10-8-3-9(6-1-2-6)11-4-7(8)5-12/h3-6H,1-2H2. The van der Waals surface area contributed by atoms with Crippen molar-refractivity contribution >= 4 is 17.9 Å². The number of pyridine rings is 1. The van der Waals surface area contributed by atoms with Gasteiger partial charge in [-0.1, -0.05) is 11.6 Å². The molecule has 0 radical (unpaired) electrons. The Morgan fingerprint density at radius 2 is 2.33 bits per heavy atom. The molecule has 0 aromatic carbocycles. The second-order valence-electron chi connectivity index (χ2n) is 3.02. The van der Waals surface area contributed by atoms with E-state index in [1.807, 2.05) is 0 Å². The van der Waals surface area contributed by atoms with Crippen LogP contribution >= 0.6 is 11.6 Å². The van der Waals surface area contributed by atoms with Crippen molar-refractivity contribution in [3.05, 3.63) is 28.5 Å². The van der Waals surface area contributed by atoms with Crippen LogP contribution in [0.4, 0.5) is 0 Å². The summed E-state index contributed by atoms with van der Waals surface area (Å²) >= 11 is 5.83. The van der Waals surface area contributed by atoms with Crippen LogP contribution in [-0.2, 0) is 0 Å². The molecule has 1 aliphatic rings. The number of hydrogen-bond donors (Lipinski definition) is 0. The lowest BCUT2D eigenvalue weighted by Crippen LogP contribution is -1.90. The molecule has 0 saturated heterocycles. The summed E-state index contributed by atoms with van der Waals surface area (Å²) in [7, 11) is 0. The minimum atomic E-state index is 0.473. The molecule has 62 valence electrons. The van der Waals surface area contributed by atoms with Gasteiger partial charge in [0.2, 0.25) is 0 Å². The van der Waals surface area contributed by atoms with Crippen LogP contribution in [0, 0.1) is 0 Å². The van der Waals surface area contributed by atoms with Gasteiger partial charge in [0.05, 0.1) is 10.6 Å². The highest BCUT2D eigenvalue weighted by molar-refractivity contribution is 6.32. The SMILES string of the molecule is O=Cc1cnc(C2CC2)cc1Cl. The summed E-state index contributed by atoms with van der Waals surface area (Å²) in [6.45, 7) is 0. The van der Waals surface area contributed by atoms with Gasteiger partial charge < -0.3 is 0 Å². The van der Waals surface area contributed by atoms with E-state index in [-0.39, 0.29) is 0 Å². The lowest BCUT2D eigenvalue weighted by atomic mass is 10.2. The molecular formula is C9H8ClNO. The van der Waals surface area contributed by atoms with E-state index in [4.69, 9.17) is 11.6 Å². The number of aldehydes is 1. The molecule has 1 aromatic rings. The molecule has 12 heavy (non-hydrogen) atoms. The second-order valence-corrected chi connectivity index (χ2v) is 3.43. The molecule has 0 spiro atoms. The highest BCUT2D eigenvalue weighted by Gasteiger charge is 2.25. The Morgan fingerprint density at radius 3 is 2.83 bits per heavy atom. The van der Waals surface area contributed by atoms with Gasteiger partial charge in [-0.05, 0) is 18.9 Å². The second kappa shape index (κ2) is 2.87. The monoisotopic (exact) mass is 181 g/mol. The summed E-state index contributed by atoms with van der Waals surface area (Å²) in [6.07, 6.45) is 4.67. The van der Waals surface area contributed by atoms with Crippen LogP contribution in [0.5, 0.6) is 0 Å². The first-order valence-electron chi connectivity index (χ1n) is 3.92. The van der Waals surface area contributed by atoms with Crippen LogP contribution in [0.25, 0.3) is 0 Å². The molecule has 1 aromatic heterocycles. The molecule has 1 saturated carbocycles. The average Bonchev–Trinajstić information content (AvgIpc) is 2.86. The molecule has 1 heterocycles. The normalized spacial score (nSPS) is 16.1. The van der Waals surface area contributed by atoms with Crippen molar-refractivity contribution in [1.82, 2.24) is 4.98 Å². The van der Waals surface area contributed by atoms with Crippen LogP contribution in [-0.4, -0.2) is 11.3 Å². The van der Waals surface area contributed by atoms with Crippen molar-refractivity contribution in [2.45, 2.75) is 18.8 Å². The van der Waals surface area contributed by atoms with Gasteiger partial charge in [-0.15, -0.1) is 0 Å². The van der Waals surface area contributed by atoms with Gasteiger partial charge in [-0.3, -0.25) is 9.78 Å². The maximum absolute atomic E-state index is 10.4. The first-order valence-corrected chi connectivity index (χ1v) is 4.29. The average molecular weight is 182 g/mol. The fourth-order valence-corrected chi connectivity index (χ4v) is 1.35. The van der Waals surface area contributed by atoms with E-state index in [1.165, 1.54) is 12.8 Å². The van der Waals surface area contributed by atoms with E-state index in [2.05, 4.69) is 4.98 Å². The third-order valence-electron chi connectivity index (χ3n) is 2.03. The van der Waals surface area contributed by atoms with E-state index in [1.54, 1.807) is 12.3 Å². The molecule has 1 fully saturated rings. The Bertz CT molecular complexity index is 320. The van der Waals surface area contributed by atoms with Gasteiger partial charge in [-0.25, -0.2) is 0 Å². The van der Waals surface area contributed by atoms with Gasteiger partial charge >= 0.3 is 0 Å². The van der Waals surface area contributed by atoms with E-state index < -0.39 is 0 Å². The Morgan fingerprint density at radius 1 is 1.58 bits per heavy atom. The van der Waals surface area contributed by atoms with Crippen LogP contribution in [0.2, 0.25) is 5.02 Å². The van der Waals surface area contributed by atoms with E-state index >= 15 is 0 Å². The number of aromatic nitrogens is 1. The highest BCUT2D eigenvalue weighted by Crippen LogP contribution is 2.39. The van der Waals surface area contributed by atoms with E-state index in [0.29, 0.717) is 16.5 Å². The predicted octanol–water partition coefficient (Wildman–Crippen LogP) is 2.42.